The lowest BCUT2D eigenvalue weighted by Crippen LogP contribution is -1.84. The highest BCUT2D eigenvalue weighted by Gasteiger charge is 2.06. The monoisotopic (exact) mass is 112 g/mol. The molecular weight excluding hydrogens is 108 g/mol. The lowest BCUT2D eigenvalue weighted by molar-refractivity contribution is 1.19. The second-order valence-electron chi connectivity index (χ2n) is 1.15. The van der Waals surface area contributed by atoms with Gasteiger partial charge in [-0.3, -0.25) is 4.99 Å². The molecule has 0 aromatic rings. The van der Waals surface area contributed by atoms with Crippen molar-refractivity contribution in [3.05, 3.63) is 0 Å². The molecule has 2 nitrogen and oxygen atoms in total. The number of nitriles is 1. The molecule has 7 heavy (non-hydrogen) atoms. The van der Waals surface area contributed by atoms with E-state index in [9.17, 15) is 0 Å². The van der Waals surface area contributed by atoms with Gasteiger partial charge in [-0.25, -0.2) is 0 Å². The van der Waals surface area contributed by atoms with Gasteiger partial charge in [-0.05, 0) is 0 Å². The van der Waals surface area contributed by atoms with Crippen molar-refractivity contribution in [3.63, 3.8) is 0 Å². The van der Waals surface area contributed by atoms with Gasteiger partial charge in [0.25, 0.3) is 0 Å². The number of thioether (sulfide) groups is 1. The second kappa shape index (κ2) is 1.99. The molecule has 0 bridgehead atoms. The minimum absolute atomic E-state index is 0.111. The summed E-state index contributed by atoms with van der Waals surface area (Å²) < 4.78 is 0. The largest absolute Gasteiger partial charge is 0.267 e. The van der Waals surface area contributed by atoms with E-state index >= 15 is 0 Å². The van der Waals surface area contributed by atoms with Crippen LogP contribution < -0.4 is 0 Å². The Morgan fingerprint density at radius 3 is 3.14 bits per heavy atom. The summed E-state index contributed by atoms with van der Waals surface area (Å²) in [7, 11) is 0. The molecule has 1 aliphatic heterocycles. The Labute approximate surface area is 46.2 Å². The first-order valence-corrected chi connectivity index (χ1v) is 3.01. The lowest BCUT2D eigenvalue weighted by atomic mass is 10.7. The maximum atomic E-state index is 8.18. The maximum absolute atomic E-state index is 8.18. The summed E-state index contributed by atoms with van der Waals surface area (Å²) in [6.07, 6.45) is 1.78. The van der Waals surface area contributed by atoms with Crippen LogP contribution in [0.25, 0.3) is 0 Å². The molecule has 0 aromatic carbocycles. The standard InChI is InChI=1S/C4H4N2S/c5-3-4-6-1-2-7-4/h1,4H,2H2. The van der Waals surface area contributed by atoms with Gasteiger partial charge in [0.05, 0.1) is 0 Å². The molecule has 1 atom stereocenters. The summed E-state index contributed by atoms with van der Waals surface area (Å²) in [4.78, 5) is 3.83. The fraction of sp³-hybridized carbons (Fsp3) is 0.500. The van der Waals surface area contributed by atoms with Crippen molar-refractivity contribution in [2.45, 2.75) is 5.37 Å². The number of hydrogen-bond donors (Lipinski definition) is 0. The Morgan fingerprint density at radius 1 is 2.00 bits per heavy atom. The number of rotatable bonds is 0. The number of hydrogen-bond acceptors (Lipinski definition) is 3. The molecule has 0 aromatic heterocycles. The minimum atomic E-state index is -0.111. The lowest BCUT2D eigenvalue weighted by Gasteiger charge is -1.85. The maximum Gasteiger partial charge on any atom is 0.181 e. The van der Waals surface area contributed by atoms with E-state index < -0.39 is 0 Å². The Kier molecular flexibility index (Phi) is 1.32. The molecular formula is C4H4N2S. The molecule has 1 heterocycles. The smallest absolute Gasteiger partial charge is 0.181 e. The minimum Gasteiger partial charge on any atom is -0.267 e. The van der Waals surface area contributed by atoms with Gasteiger partial charge in [0.15, 0.2) is 5.37 Å². The number of aliphatic imine (C=N–C) groups is 1. The van der Waals surface area contributed by atoms with Crippen LogP contribution in [0.1, 0.15) is 0 Å². The second-order valence-corrected chi connectivity index (χ2v) is 2.26. The SMILES string of the molecule is N#CC1N=CCS1. The topological polar surface area (TPSA) is 36.1 Å². The van der Waals surface area contributed by atoms with Crippen molar-refractivity contribution in [1.29, 1.82) is 5.26 Å². The normalized spacial score (nSPS) is 27.6. The molecule has 0 N–H and O–H groups in total. The van der Waals surface area contributed by atoms with E-state index in [0.717, 1.165) is 5.75 Å². The van der Waals surface area contributed by atoms with Gasteiger partial charge in [-0.1, -0.05) is 0 Å². The van der Waals surface area contributed by atoms with Crippen molar-refractivity contribution >= 4 is 18.0 Å². The van der Waals surface area contributed by atoms with Gasteiger partial charge < -0.3 is 0 Å². The van der Waals surface area contributed by atoms with Crippen molar-refractivity contribution in [3.8, 4) is 6.07 Å². The van der Waals surface area contributed by atoms with Crippen molar-refractivity contribution < 1.29 is 0 Å². The number of nitrogens with zero attached hydrogens (tertiary/aromatic N) is 2. The molecule has 0 spiro atoms. The molecule has 0 radical (unpaired) electrons. The van der Waals surface area contributed by atoms with Crippen LogP contribution in [0.15, 0.2) is 4.99 Å². The highest BCUT2D eigenvalue weighted by Crippen LogP contribution is 2.14. The molecule has 1 unspecified atom stereocenters. The molecule has 3 heteroatoms. The average Bonchev–Trinajstić information content (AvgIpc) is 2.14. The van der Waals surface area contributed by atoms with Crippen LogP contribution in [-0.4, -0.2) is 17.3 Å². The van der Waals surface area contributed by atoms with Gasteiger partial charge in [0.1, 0.15) is 6.07 Å². The summed E-state index contributed by atoms with van der Waals surface area (Å²) in [6.45, 7) is 0. The van der Waals surface area contributed by atoms with E-state index in [1.165, 1.54) is 0 Å². The van der Waals surface area contributed by atoms with Crippen LogP contribution in [0.4, 0.5) is 0 Å². The molecule has 0 fully saturated rings. The summed E-state index contributed by atoms with van der Waals surface area (Å²) in [5.74, 6) is 0.901. The molecule has 0 saturated heterocycles. The summed E-state index contributed by atoms with van der Waals surface area (Å²) >= 11 is 1.56. The fourth-order valence-electron chi connectivity index (χ4n) is 0.387. The van der Waals surface area contributed by atoms with E-state index in [4.69, 9.17) is 5.26 Å². The zero-order valence-electron chi connectivity index (χ0n) is 3.66. The molecule has 1 rings (SSSR count). The van der Waals surface area contributed by atoms with Crippen LogP contribution in [0.5, 0.6) is 0 Å². The summed E-state index contributed by atoms with van der Waals surface area (Å²) in [5, 5.41) is 8.07. The average molecular weight is 112 g/mol. The van der Waals surface area contributed by atoms with E-state index in [0.29, 0.717) is 0 Å². The third-order valence-electron chi connectivity index (χ3n) is 0.680. The molecule has 0 amide bonds. The molecule has 0 aliphatic carbocycles. The predicted octanol–water partition coefficient (Wildman–Crippen LogP) is 0.654. The molecule has 36 valence electrons. The van der Waals surface area contributed by atoms with Gasteiger partial charge in [-0.15, -0.1) is 11.8 Å². The first kappa shape index (κ1) is 4.66. The van der Waals surface area contributed by atoms with Crippen LogP contribution in [0.2, 0.25) is 0 Å². The van der Waals surface area contributed by atoms with Gasteiger partial charge in [-0.2, -0.15) is 5.26 Å². The predicted molar refractivity (Wildman–Crippen MR) is 30.4 cm³/mol. The van der Waals surface area contributed by atoms with Crippen molar-refractivity contribution in [1.82, 2.24) is 0 Å². The first-order valence-electron chi connectivity index (χ1n) is 1.96. The molecule has 0 saturated carbocycles. The summed E-state index contributed by atoms with van der Waals surface area (Å²) in [5.41, 5.74) is 0. The van der Waals surface area contributed by atoms with E-state index in [-0.39, 0.29) is 5.37 Å². The quantitative estimate of drug-likeness (QED) is 0.461. The van der Waals surface area contributed by atoms with E-state index in [1.807, 2.05) is 6.07 Å². The van der Waals surface area contributed by atoms with E-state index in [1.54, 1.807) is 18.0 Å². The highest BCUT2D eigenvalue weighted by atomic mass is 32.2. The third kappa shape index (κ3) is 0.937. The van der Waals surface area contributed by atoms with Crippen molar-refractivity contribution in [2.24, 2.45) is 4.99 Å². The van der Waals surface area contributed by atoms with E-state index in [2.05, 4.69) is 4.99 Å². The van der Waals surface area contributed by atoms with Gasteiger partial charge in [0, 0.05) is 12.0 Å². The zero-order valence-corrected chi connectivity index (χ0v) is 4.48. The Hall–Kier alpha value is -0.490. The van der Waals surface area contributed by atoms with Crippen molar-refractivity contribution in [2.75, 3.05) is 5.75 Å². The Bertz CT molecular complexity index is 124. The fourth-order valence-corrected chi connectivity index (χ4v) is 0.988. The first-order chi connectivity index (χ1) is 3.43. The Balaban J connectivity index is 2.47. The van der Waals surface area contributed by atoms with Gasteiger partial charge >= 0.3 is 0 Å². The zero-order chi connectivity index (χ0) is 5.11. The van der Waals surface area contributed by atoms with Gasteiger partial charge in [0.2, 0.25) is 0 Å². The van der Waals surface area contributed by atoms with Crippen LogP contribution >= 0.6 is 11.8 Å². The Morgan fingerprint density at radius 2 is 2.86 bits per heavy atom. The van der Waals surface area contributed by atoms with Crippen LogP contribution in [0, 0.1) is 11.3 Å². The van der Waals surface area contributed by atoms with Crippen LogP contribution in [-0.2, 0) is 0 Å². The van der Waals surface area contributed by atoms with Crippen LogP contribution in [0.3, 0.4) is 0 Å². The third-order valence-corrected chi connectivity index (χ3v) is 1.56. The summed E-state index contributed by atoms with van der Waals surface area (Å²) in [6, 6.07) is 2.03. The molecule has 1 aliphatic rings. The highest BCUT2D eigenvalue weighted by molar-refractivity contribution is 8.01.